The van der Waals surface area contributed by atoms with Gasteiger partial charge in [0.2, 0.25) is 0 Å². The minimum Gasteiger partial charge on any atom is -0.490 e. The fourth-order valence-corrected chi connectivity index (χ4v) is 3.47. The third-order valence-electron chi connectivity index (χ3n) is 4.04. The van der Waals surface area contributed by atoms with E-state index in [1.165, 1.54) is 6.21 Å². The number of hydrogen-bond acceptors (Lipinski definition) is 7. The van der Waals surface area contributed by atoms with Crippen LogP contribution in [-0.2, 0) is 4.79 Å². The van der Waals surface area contributed by atoms with Crippen molar-refractivity contribution in [2.24, 2.45) is 10.8 Å². The molecule has 2 aromatic carbocycles. The Bertz CT molecular complexity index is 996. The second-order valence-corrected chi connectivity index (χ2v) is 7.82. The Labute approximate surface area is 206 Å². The van der Waals surface area contributed by atoms with Gasteiger partial charge in [-0.05, 0) is 78.8 Å². The Morgan fingerprint density at radius 2 is 1.73 bits per heavy atom. The van der Waals surface area contributed by atoms with Gasteiger partial charge < -0.3 is 24.7 Å². The molecule has 0 radical (unpaired) electrons. The van der Waals surface area contributed by atoms with Crippen LogP contribution in [0.4, 0.5) is 0 Å². The van der Waals surface area contributed by atoms with Crippen LogP contribution in [0, 0.1) is 3.57 Å². The average Bonchev–Trinajstić information content (AvgIpc) is 2.77. The number of primary amides is 1. The van der Waals surface area contributed by atoms with Crippen molar-refractivity contribution in [3.8, 4) is 23.0 Å². The third kappa shape index (κ3) is 8.12. The van der Waals surface area contributed by atoms with Gasteiger partial charge in [0.15, 0.2) is 29.6 Å². The summed E-state index contributed by atoms with van der Waals surface area (Å²) in [6.45, 7) is 6.87. The first-order valence-electron chi connectivity index (χ1n) is 10.5. The number of carbonyl (C=O) groups is 2. The second kappa shape index (κ2) is 13.5. The first-order valence-corrected chi connectivity index (χ1v) is 11.6. The zero-order valence-corrected chi connectivity index (χ0v) is 21.0. The quantitative estimate of drug-likeness (QED) is 0.217. The molecule has 0 aromatic heterocycles. The summed E-state index contributed by atoms with van der Waals surface area (Å²) in [5.74, 6) is 0.989. The molecule has 0 aliphatic rings. The molecule has 33 heavy (non-hydrogen) atoms. The van der Waals surface area contributed by atoms with E-state index >= 15 is 0 Å². The van der Waals surface area contributed by atoms with Crippen molar-refractivity contribution in [1.82, 2.24) is 5.43 Å². The number of ether oxygens (including phenoxy) is 4. The smallest absolute Gasteiger partial charge is 0.271 e. The molecule has 0 unspecified atom stereocenters. The average molecular weight is 569 g/mol. The Morgan fingerprint density at radius 3 is 2.39 bits per heavy atom. The number of nitrogens with one attached hydrogen (secondary N) is 1. The minimum absolute atomic E-state index is 0.258. The topological polar surface area (TPSA) is 121 Å². The standard InChI is InChI=1S/C23H28IN3O6/c1-4-9-32-18-8-7-16(12-19(18)30-5-2)23(29)27-26-13-15-10-17(24)22(33-14-21(25)28)20(11-15)31-6-3/h7-8,10-13H,4-6,9,14H2,1-3H3,(H2,25,28)(H,27,29)/b26-13+. The molecule has 3 N–H and O–H groups in total. The molecule has 0 fully saturated rings. The van der Waals surface area contributed by atoms with Crippen molar-refractivity contribution in [2.75, 3.05) is 26.4 Å². The van der Waals surface area contributed by atoms with Gasteiger partial charge in [0.1, 0.15) is 0 Å². The third-order valence-corrected chi connectivity index (χ3v) is 4.84. The second-order valence-electron chi connectivity index (χ2n) is 6.66. The van der Waals surface area contributed by atoms with E-state index in [9.17, 15) is 9.59 Å². The van der Waals surface area contributed by atoms with Crippen LogP contribution in [0.3, 0.4) is 0 Å². The summed E-state index contributed by atoms with van der Waals surface area (Å²) < 4.78 is 23.0. The molecule has 0 bridgehead atoms. The lowest BCUT2D eigenvalue weighted by atomic mass is 10.2. The summed E-state index contributed by atoms with van der Waals surface area (Å²) >= 11 is 2.06. The molecule has 2 amide bonds. The Hall–Kier alpha value is -3.02. The first kappa shape index (κ1) is 26.2. The lowest BCUT2D eigenvalue weighted by molar-refractivity contribution is -0.120. The van der Waals surface area contributed by atoms with Crippen molar-refractivity contribution >= 4 is 40.6 Å². The van der Waals surface area contributed by atoms with E-state index in [0.29, 0.717) is 57.5 Å². The van der Waals surface area contributed by atoms with Crippen LogP contribution in [0.25, 0.3) is 0 Å². The van der Waals surface area contributed by atoms with E-state index in [1.807, 2.05) is 20.8 Å². The lowest BCUT2D eigenvalue weighted by Gasteiger charge is -2.13. The van der Waals surface area contributed by atoms with Crippen LogP contribution in [0.5, 0.6) is 23.0 Å². The molecule has 0 heterocycles. The highest BCUT2D eigenvalue weighted by Gasteiger charge is 2.14. The monoisotopic (exact) mass is 569 g/mol. The number of amides is 2. The van der Waals surface area contributed by atoms with Crippen LogP contribution in [0.1, 0.15) is 43.1 Å². The largest absolute Gasteiger partial charge is 0.490 e. The predicted molar refractivity (Wildman–Crippen MR) is 133 cm³/mol. The lowest BCUT2D eigenvalue weighted by Crippen LogP contribution is -2.20. The summed E-state index contributed by atoms with van der Waals surface area (Å²) in [5, 5.41) is 4.04. The maximum Gasteiger partial charge on any atom is 0.271 e. The summed E-state index contributed by atoms with van der Waals surface area (Å²) in [5.41, 5.74) is 8.72. The summed E-state index contributed by atoms with van der Waals surface area (Å²) in [4.78, 5) is 23.6. The van der Waals surface area contributed by atoms with E-state index in [-0.39, 0.29) is 6.61 Å². The highest BCUT2D eigenvalue weighted by molar-refractivity contribution is 14.1. The highest BCUT2D eigenvalue weighted by atomic mass is 127. The van der Waals surface area contributed by atoms with E-state index in [4.69, 9.17) is 24.7 Å². The number of carbonyl (C=O) groups excluding carboxylic acids is 2. The molecule has 0 saturated heterocycles. The van der Waals surface area contributed by atoms with E-state index < -0.39 is 11.8 Å². The molecule has 9 nitrogen and oxygen atoms in total. The maximum absolute atomic E-state index is 12.5. The number of hydrazone groups is 1. The van der Waals surface area contributed by atoms with Gasteiger partial charge in [-0.15, -0.1) is 0 Å². The fraction of sp³-hybridized carbons (Fsp3) is 0.348. The number of hydrogen-bond donors (Lipinski definition) is 2. The van der Waals surface area contributed by atoms with Gasteiger partial charge in [0.25, 0.3) is 11.8 Å². The van der Waals surface area contributed by atoms with Crippen molar-refractivity contribution in [3.63, 3.8) is 0 Å². The Morgan fingerprint density at radius 1 is 1.00 bits per heavy atom. The van der Waals surface area contributed by atoms with Crippen LogP contribution in [0.15, 0.2) is 35.4 Å². The van der Waals surface area contributed by atoms with E-state index in [1.54, 1.807) is 30.3 Å². The number of rotatable bonds is 13. The molecule has 0 aliphatic carbocycles. The molecular weight excluding hydrogens is 541 g/mol. The maximum atomic E-state index is 12.5. The minimum atomic E-state index is -0.584. The predicted octanol–water partition coefficient (Wildman–Crippen LogP) is 3.51. The number of benzene rings is 2. The van der Waals surface area contributed by atoms with Gasteiger partial charge in [-0.2, -0.15) is 5.10 Å². The van der Waals surface area contributed by atoms with Gasteiger partial charge >= 0.3 is 0 Å². The zero-order valence-electron chi connectivity index (χ0n) is 18.9. The van der Waals surface area contributed by atoms with E-state index in [0.717, 1.165) is 6.42 Å². The molecule has 0 saturated carbocycles. The molecule has 10 heteroatoms. The van der Waals surface area contributed by atoms with Crippen LogP contribution in [0.2, 0.25) is 0 Å². The first-order chi connectivity index (χ1) is 15.9. The van der Waals surface area contributed by atoms with Gasteiger partial charge in [-0.25, -0.2) is 5.43 Å². The Kier molecular flexibility index (Phi) is 10.7. The van der Waals surface area contributed by atoms with Gasteiger partial charge in [-0.1, -0.05) is 6.92 Å². The molecule has 0 atom stereocenters. The zero-order chi connectivity index (χ0) is 24.2. The number of halogens is 1. The highest BCUT2D eigenvalue weighted by Crippen LogP contribution is 2.34. The van der Waals surface area contributed by atoms with Gasteiger partial charge in [-0.3, -0.25) is 9.59 Å². The summed E-state index contributed by atoms with van der Waals surface area (Å²) in [6.07, 6.45) is 2.35. The van der Waals surface area contributed by atoms with Crippen LogP contribution in [-0.4, -0.2) is 44.5 Å². The molecule has 2 aromatic rings. The summed E-state index contributed by atoms with van der Waals surface area (Å²) in [7, 11) is 0. The molecule has 0 spiro atoms. The molecule has 0 aliphatic heterocycles. The normalized spacial score (nSPS) is 10.7. The Balaban J connectivity index is 2.14. The van der Waals surface area contributed by atoms with Gasteiger partial charge in [0.05, 0.1) is 29.6 Å². The molecule has 178 valence electrons. The van der Waals surface area contributed by atoms with Crippen molar-refractivity contribution < 1.29 is 28.5 Å². The van der Waals surface area contributed by atoms with E-state index in [2.05, 4.69) is 33.1 Å². The van der Waals surface area contributed by atoms with Crippen molar-refractivity contribution in [2.45, 2.75) is 27.2 Å². The SMILES string of the molecule is CCCOc1ccc(C(=O)N/N=C/c2cc(I)c(OCC(N)=O)c(OCC)c2)cc1OCC. The summed E-state index contributed by atoms with van der Waals surface area (Å²) in [6, 6.07) is 8.47. The van der Waals surface area contributed by atoms with Crippen LogP contribution >= 0.6 is 22.6 Å². The number of nitrogens with zero attached hydrogens (tertiary/aromatic N) is 1. The number of nitrogens with two attached hydrogens (primary N) is 1. The van der Waals surface area contributed by atoms with Crippen LogP contribution < -0.4 is 30.1 Å². The van der Waals surface area contributed by atoms with Gasteiger partial charge in [0, 0.05) is 5.56 Å². The fourth-order valence-electron chi connectivity index (χ4n) is 2.69. The van der Waals surface area contributed by atoms with Crippen molar-refractivity contribution in [3.05, 3.63) is 45.0 Å². The van der Waals surface area contributed by atoms with Crippen molar-refractivity contribution in [1.29, 1.82) is 0 Å². The molecular formula is C23H28IN3O6. The molecule has 2 rings (SSSR count).